The summed E-state index contributed by atoms with van der Waals surface area (Å²) in [6.07, 6.45) is 0.810. The molecule has 180 valence electrons. The molecule has 8 heteroatoms. The van der Waals surface area contributed by atoms with Crippen LogP contribution < -0.4 is 0 Å². The van der Waals surface area contributed by atoms with Crippen molar-refractivity contribution >= 4 is 27.8 Å². The van der Waals surface area contributed by atoms with Crippen LogP contribution in [0, 0.1) is 0 Å². The summed E-state index contributed by atoms with van der Waals surface area (Å²) in [6, 6.07) is 16.1. The number of piperazine rings is 1. The van der Waals surface area contributed by atoms with Crippen molar-refractivity contribution < 1.29 is 9.90 Å². The Bertz CT molecular complexity index is 1340. The first kappa shape index (κ1) is 22.2. The number of nitrogens with one attached hydrogen (secondary N) is 1. The van der Waals surface area contributed by atoms with Gasteiger partial charge in [-0.25, -0.2) is 4.98 Å². The Balaban J connectivity index is 1.31. The zero-order chi connectivity index (χ0) is 23.8. The molecule has 0 radical (unpaired) electrons. The van der Waals surface area contributed by atoms with E-state index in [1.165, 1.54) is 0 Å². The summed E-state index contributed by atoms with van der Waals surface area (Å²) in [5.74, 6) is 1.03. The summed E-state index contributed by atoms with van der Waals surface area (Å²) >= 11 is 0. The number of fused-ring (bicyclic) bond motifs is 3. The molecule has 2 aromatic heterocycles. The molecule has 8 nitrogen and oxygen atoms in total. The Hall–Kier alpha value is -3.33. The Morgan fingerprint density at radius 2 is 1.69 bits per heavy atom. The largest absolute Gasteiger partial charge is 0.395 e. The molecular formula is C27H30N6O2. The van der Waals surface area contributed by atoms with Crippen molar-refractivity contribution in [3.8, 4) is 0 Å². The predicted molar refractivity (Wildman–Crippen MR) is 135 cm³/mol. The topological polar surface area (TPSA) is 88.6 Å². The molecule has 2 aromatic carbocycles. The van der Waals surface area contributed by atoms with Gasteiger partial charge in [-0.3, -0.25) is 19.6 Å². The molecule has 0 aliphatic carbocycles. The van der Waals surface area contributed by atoms with Gasteiger partial charge in [-0.05, 0) is 18.2 Å². The molecule has 2 aliphatic rings. The van der Waals surface area contributed by atoms with Crippen LogP contribution in [0.1, 0.15) is 27.4 Å². The number of aromatic amines is 1. The van der Waals surface area contributed by atoms with E-state index in [0.29, 0.717) is 32.7 Å². The van der Waals surface area contributed by atoms with Gasteiger partial charge in [-0.15, -0.1) is 0 Å². The molecule has 0 atom stereocenters. The molecule has 4 heterocycles. The van der Waals surface area contributed by atoms with Crippen LogP contribution in [0.4, 0.5) is 0 Å². The van der Waals surface area contributed by atoms with E-state index >= 15 is 0 Å². The molecule has 4 aromatic rings. The molecule has 2 aliphatic heterocycles. The first-order valence-corrected chi connectivity index (χ1v) is 12.4. The fourth-order valence-electron chi connectivity index (χ4n) is 5.39. The minimum atomic E-state index is 0.0917. The van der Waals surface area contributed by atoms with Gasteiger partial charge in [0, 0.05) is 68.9 Å². The number of aromatic nitrogens is 3. The highest BCUT2D eigenvalue weighted by Gasteiger charge is 2.30. The van der Waals surface area contributed by atoms with Gasteiger partial charge < -0.3 is 15.0 Å². The SMILES string of the molecule is O=C(c1c2c(nc3ccccc13)CCN(Cc1nc3ccccc3[nH]1)C2)N1CCN(CCO)CC1. The van der Waals surface area contributed by atoms with E-state index in [1.54, 1.807) is 0 Å². The average molecular weight is 471 g/mol. The van der Waals surface area contributed by atoms with Gasteiger partial charge in [0.25, 0.3) is 5.91 Å². The van der Waals surface area contributed by atoms with Crippen molar-refractivity contribution in [3.05, 3.63) is 71.2 Å². The normalized spacial score (nSPS) is 17.2. The van der Waals surface area contributed by atoms with E-state index in [0.717, 1.165) is 70.6 Å². The van der Waals surface area contributed by atoms with E-state index in [4.69, 9.17) is 9.97 Å². The zero-order valence-electron chi connectivity index (χ0n) is 19.8. The van der Waals surface area contributed by atoms with Crippen molar-refractivity contribution in [1.82, 2.24) is 29.7 Å². The fourth-order valence-corrected chi connectivity index (χ4v) is 5.39. The van der Waals surface area contributed by atoms with Gasteiger partial charge in [0.15, 0.2) is 0 Å². The second-order valence-corrected chi connectivity index (χ2v) is 9.45. The summed E-state index contributed by atoms with van der Waals surface area (Å²) in [4.78, 5) is 33.6. The minimum absolute atomic E-state index is 0.0917. The van der Waals surface area contributed by atoms with E-state index in [1.807, 2.05) is 53.4 Å². The van der Waals surface area contributed by atoms with Crippen LogP contribution in [0.25, 0.3) is 21.9 Å². The summed E-state index contributed by atoms with van der Waals surface area (Å²) in [5.41, 5.74) is 5.79. The molecule has 6 rings (SSSR count). The van der Waals surface area contributed by atoms with E-state index in [2.05, 4.69) is 14.8 Å². The lowest BCUT2D eigenvalue weighted by Gasteiger charge is -2.36. The summed E-state index contributed by atoms with van der Waals surface area (Å²) in [5, 5.41) is 10.2. The molecular weight excluding hydrogens is 440 g/mol. The molecule has 0 bridgehead atoms. The second-order valence-electron chi connectivity index (χ2n) is 9.45. The van der Waals surface area contributed by atoms with Crippen LogP contribution in [-0.4, -0.2) is 86.5 Å². The van der Waals surface area contributed by atoms with Crippen LogP contribution in [0.3, 0.4) is 0 Å². The summed E-state index contributed by atoms with van der Waals surface area (Å²) in [6.45, 7) is 5.99. The lowest BCUT2D eigenvalue weighted by atomic mass is 9.94. The van der Waals surface area contributed by atoms with Gasteiger partial charge >= 0.3 is 0 Å². The fraction of sp³-hybridized carbons (Fsp3) is 0.370. The number of β-amino-alcohol motifs (C(OH)–C–C–N with tert-alkyl or cyclic N) is 1. The van der Waals surface area contributed by atoms with Crippen molar-refractivity contribution in [2.24, 2.45) is 0 Å². The first-order chi connectivity index (χ1) is 17.2. The molecule has 1 saturated heterocycles. The number of rotatable bonds is 5. The number of aliphatic hydroxyl groups excluding tert-OH is 1. The Labute approximate surface area is 204 Å². The van der Waals surface area contributed by atoms with Gasteiger partial charge in [-0.2, -0.15) is 0 Å². The van der Waals surface area contributed by atoms with E-state index in [-0.39, 0.29) is 12.5 Å². The number of benzene rings is 2. The number of hydrogen-bond donors (Lipinski definition) is 2. The number of carbonyl (C=O) groups excluding carboxylic acids is 1. The Morgan fingerprint density at radius 1 is 0.914 bits per heavy atom. The second kappa shape index (κ2) is 9.37. The predicted octanol–water partition coefficient (Wildman–Crippen LogP) is 2.42. The van der Waals surface area contributed by atoms with Crippen molar-refractivity contribution in [2.75, 3.05) is 45.9 Å². The average Bonchev–Trinajstić information content (AvgIpc) is 3.30. The Morgan fingerprint density at radius 3 is 2.49 bits per heavy atom. The number of imidazole rings is 1. The van der Waals surface area contributed by atoms with Crippen LogP contribution in [0.15, 0.2) is 48.5 Å². The number of carbonyl (C=O) groups is 1. The van der Waals surface area contributed by atoms with Gasteiger partial charge in [0.05, 0.1) is 35.3 Å². The third-order valence-corrected chi connectivity index (χ3v) is 7.23. The van der Waals surface area contributed by atoms with Crippen molar-refractivity contribution in [1.29, 1.82) is 0 Å². The monoisotopic (exact) mass is 470 g/mol. The number of aliphatic hydroxyl groups is 1. The third-order valence-electron chi connectivity index (χ3n) is 7.23. The third kappa shape index (κ3) is 4.29. The maximum atomic E-state index is 13.9. The number of hydrogen-bond acceptors (Lipinski definition) is 6. The number of para-hydroxylation sites is 3. The van der Waals surface area contributed by atoms with Crippen LogP contribution in [0.2, 0.25) is 0 Å². The van der Waals surface area contributed by atoms with Crippen LogP contribution >= 0.6 is 0 Å². The highest BCUT2D eigenvalue weighted by atomic mass is 16.3. The molecule has 0 saturated carbocycles. The number of H-pyrrole nitrogens is 1. The molecule has 0 spiro atoms. The standard InChI is InChI=1S/C27H30N6O2/c34-16-15-31-11-13-33(14-12-31)27(35)26-19-5-1-2-6-21(19)28-22-9-10-32(17-20(22)26)18-25-29-23-7-3-4-8-24(23)30-25/h1-8,34H,9-18H2,(H,29,30). The maximum absolute atomic E-state index is 13.9. The first-order valence-electron chi connectivity index (χ1n) is 12.4. The quantitative estimate of drug-likeness (QED) is 0.466. The summed E-state index contributed by atoms with van der Waals surface area (Å²) < 4.78 is 0. The van der Waals surface area contributed by atoms with Gasteiger partial charge in [0.1, 0.15) is 5.82 Å². The summed E-state index contributed by atoms with van der Waals surface area (Å²) in [7, 11) is 0. The maximum Gasteiger partial charge on any atom is 0.255 e. The number of pyridine rings is 1. The lowest BCUT2D eigenvalue weighted by Crippen LogP contribution is -2.49. The smallest absolute Gasteiger partial charge is 0.255 e. The zero-order valence-corrected chi connectivity index (χ0v) is 19.8. The van der Waals surface area contributed by atoms with Crippen LogP contribution in [0.5, 0.6) is 0 Å². The van der Waals surface area contributed by atoms with Crippen molar-refractivity contribution in [2.45, 2.75) is 19.5 Å². The minimum Gasteiger partial charge on any atom is -0.395 e. The molecule has 0 unspecified atom stereocenters. The number of nitrogens with zero attached hydrogens (tertiary/aromatic N) is 5. The van der Waals surface area contributed by atoms with Crippen LogP contribution in [-0.2, 0) is 19.5 Å². The lowest BCUT2D eigenvalue weighted by molar-refractivity contribution is 0.0614. The highest BCUT2D eigenvalue weighted by molar-refractivity contribution is 6.07. The van der Waals surface area contributed by atoms with E-state index < -0.39 is 0 Å². The number of amides is 1. The highest BCUT2D eigenvalue weighted by Crippen LogP contribution is 2.30. The molecule has 1 fully saturated rings. The van der Waals surface area contributed by atoms with Gasteiger partial charge in [0.2, 0.25) is 0 Å². The van der Waals surface area contributed by atoms with Crippen molar-refractivity contribution in [3.63, 3.8) is 0 Å². The van der Waals surface area contributed by atoms with E-state index in [9.17, 15) is 9.90 Å². The molecule has 35 heavy (non-hydrogen) atoms. The van der Waals surface area contributed by atoms with Gasteiger partial charge in [-0.1, -0.05) is 30.3 Å². The molecule has 2 N–H and O–H groups in total. The Kier molecular flexibility index (Phi) is 5.93. The molecule has 1 amide bonds.